The molecule has 0 aromatic heterocycles. The summed E-state index contributed by atoms with van der Waals surface area (Å²) in [6.07, 6.45) is 0.628. The highest BCUT2D eigenvalue weighted by molar-refractivity contribution is 5.85. The van der Waals surface area contributed by atoms with Crippen LogP contribution in [0.5, 0.6) is 0 Å². The largest absolute Gasteiger partial charge is 0.388 e. The van der Waals surface area contributed by atoms with Crippen molar-refractivity contribution in [2.75, 3.05) is 6.54 Å². The van der Waals surface area contributed by atoms with E-state index in [2.05, 4.69) is 61.2 Å². The molecule has 20 heavy (non-hydrogen) atoms. The van der Waals surface area contributed by atoms with E-state index in [0.29, 0.717) is 12.5 Å². The second-order valence-corrected chi connectivity index (χ2v) is 5.48. The second-order valence-electron chi connectivity index (χ2n) is 5.48. The van der Waals surface area contributed by atoms with Gasteiger partial charge < -0.3 is 5.73 Å². The van der Waals surface area contributed by atoms with Crippen molar-refractivity contribution >= 4 is 16.6 Å². The molecule has 0 fully saturated rings. The lowest BCUT2D eigenvalue weighted by Crippen LogP contribution is -2.33. The van der Waals surface area contributed by atoms with Crippen molar-refractivity contribution in [3.05, 3.63) is 48.0 Å². The summed E-state index contributed by atoms with van der Waals surface area (Å²) in [5.74, 6) is 0.258. The summed E-state index contributed by atoms with van der Waals surface area (Å²) in [4.78, 5) is 2.36. The molecule has 2 aromatic carbocycles. The van der Waals surface area contributed by atoms with E-state index in [9.17, 15) is 0 Å². The SMILES string of the molecule is CC(C)N(CCC(=N)N)Cc1cccc2ccccc12. The molecule has 0 bridgehead atoms. The second kappa shape index (κ2) is 6.53. The maximum Gasteiger partial charge on any atom is 0.0918 e. The van der Waals surface area contributed by atoms with E-state index in [1.807, 2.05) is 0 Å². The van der Waals surface area contributed by atoms with Gasteiger partial charge >= 0.3 is 0 Å². The molecule has 3 heteroatoms. The van der Waals surface area contributed by atoms with Crippen LogP contribution < -0.4 is 5.73 Å². The maximum absolute atomic E-state index is 7.39. The van der Waals surface area contributed by atoms with Gasteiger partial charge in [-0.25, -0.2) is 0 Å². The summed E-state index contributed by atoms with van der Waals surface area (Å²) in [6.45, 7) is 6.10. The van der Waals surface area contributed by atoms with Crippen molar-refractivity contribution in [3.8, 4) is 0 Å². The van der Waals surface area contributed by atoms with Crippen LogP contribution in [0.3, 0.4) is 0 Å². The van der Waals surface area contributed by atoms with Gasteiger partial charge in [-0.05, 0) is 30.2 Å². The van der Waals surface area contributed by atoms with Crippen molar-refractivity contribution < 1.29 is 0 Å². The minimum Gasteiger partial charge on any atom is -0.388 e. The van der Waals surface area contributed by atoms with Crippen LogP contribution in [-0.4, -0.2) is 23.3 Å². The van der Waals surface area contributed by atoms with Gasteiger partial charge in [-0.15, -0.1) is 0 Å². The number of hydrogen-bond donors (Lipinski definition) is 2. The average molecular weight is 269 g/mol. The van der Waals surface area contributed by atoms with Crippen molar-refractivity contribution in [2.24, 2.45) is 5.73 Å². The standard InChI is InChI=1S/C17H23N3/c1-13(2)20(11-10-17(18)19)12-15-8-5-7-14-6-3-4-9-16(14)15/h3-9,13H,10-12H2,1-2H3,(H3,18,19). The summed E-state index contributed by atoms with van der Waals surface area (Å²) in [5, 5.41) is 9.98. The highest BCUT2D eigenvalue weighted by Gasteiger charge is 2.12. The van der Waals surface area contributed by atoms with Gasteiger partial charge in [-0.1, -0.05) is 42.5 Å². The molecule has 0 unspecified atom stereocenters. The molecule has 0 amide bonds. The number of nitrogens with one attached hydrogen (secondary N) is 1. The molecule has 2 rings (SSSR count). The molecule has 0 radical (unpaired) electrons. The molecular weight excluding hydrogens is 246 g/mol. The Balaban J connectivity index is 2.22. The molecule has 2 aromatic rings. The van der Waals surface area contributed by atoms with E-state index < -0.39 is 0 Å². The Bertz CT molecular complexity index is 584. The van der Waals surface area contributed by atoms with E-state index >= 15 is 0 Å². The lowest BCUT2D eigenvalue weighted by Gasteiger charge is -2.27. The molecular formula is C17H23N3. The first-order chi connectivity index (χ1) is 9.58. The van der Waals surface area contributed by atoms with Crippen molar-refractivity contribution in [1.82, 2.24) is 4.90 Å². The van der Waals surface area contributed by atoms with Gasteiger partial charge in [0.05, 0.1) is 5.84 Å². The quantitative estimate of drug-likeness (QED) is 0.624. The number of amidine groups is 1. The molecule has 0 aliphatic heterocycles. The summed E-state index contributed by atoms with van der Waals surface area (Å²) in [7, 11) is 0. The minimum absolute atomic E-state index is 0.258. The first-order valence-corrected chi connectivity index (χ1v) is 7.11. The Morgan fingerprint density at radius 1 is 1.15 bits per heavy atom. The Labute approximate surface area is 120 Å². The van der Waals surface area contributed by atoms with Gasteiger partial charge in [0.1, 0.15) is 0 Å². The lowest BCUT2D eigenvalue weighted by molar-refractivity contribution is 0.220. The van der Waals surface area contributed by atoms with Crippen LogP contribution in [0.25, 0.3) is 10.8 Å². The minimum atomic E-state index is 0.258. The monoisotopic (exact) mass is 269 g/mol. The molecule has 0 aliphatic carbocycles. The number of nitrogens with two attached hydrogens (primary N) is 1. The van der Waals surface area contributed by atoms with Gasteiger partial charge in [-0.2, -0.15) is 0 Å². The highest BCUT2D eigenvalue weighted by Crippen LogP contribution is 2.20. The van der Waals surface area contributed by atoms with Crippen LogP contribution in [-0.2, 0) is 6.54 Å². The maximum atomic E-state index is 7.39. The van der Waals surface area contributed by atoms with Crippen molar-refractivity contribution in [3.63, 3.8) is 0 Å². The molecule has 3 N–H and O–H groups in total. The molecule has 0 aliphatic rings. The van der Waals surface area contributed by atoms with Crippen molar-refractivity contribution in [1.29, 1.82) is 5.41 Å². The molecule has 0 saturated carbocycles. The van der Waals surface area contributed by atoms with Crippen LogP contribution in [0.15, 0.2) is 42.5 Å². The summed E-state index contributed by atoms with van der Waals surface area (Å²) in [6, 6.07) is 15.4. The molecule has 0 spiro atoms. The summed E-state index contributed by atoms with van der Waals surface area (Å²) in [5.41, 5.74) is 6.82. The first-order valence-electron chi connectivity index (χ1n) is 7.11. The van der Waals surface area contributed by atoms with Gasteiger partial charge in [0.15, 0.2) is 0 Å². The smallest absolute Gasteiger partial charge is 0.0918 e. The third-order valence-electron chi connectivity index (χ3n) is 3.65. The molecule has 0 saturated heterocycles. The Kier molecular flexibility index (Phi) is 4.74. The number of nitrogens with zero attached hydrogens (tertiary/aromatic N) is 1. The molecule has 106 valence electrons. The third-order valence-corrected chi connectivity index (χ3v) is 3.65. The fourth-order valence-electron chi connectivity index (χ4n) is 2.43. The predicted octanol–water partition coefficient (Wildman–Crippen LogP) is 3.38. The van der Waals surface area contributed by atoms with Crippen LogP contribution >= 0.6 is 0 Å². The number of fused-ring (bicyclic) bond motifs is 1. The zero-order chi connectivity index (χ0) is 14.5. The highest BCUT2D eigenvalue weighted by atomic mass is 15.1. The Hall–Kier alpha value is -1.87. The summed E-state index contributed by atoms with van der Waals surface area (Å²) >= 11 is 0. The van der Waals surface area contributed by atoms with Crippen LogP contribution in [0, 0.1) is 5.41 Å². The van der Waals surface area contributed by atoms with Crippen molar-refractivity contribution in [2.45, 2.75) is 32.9 Å². The van der Waals surface area contributed by atoms with Crippen LogP contribution in [0.1, 0.15) is 25.8 Å². The van der Waals surface area contributed by atoms with Gasteiger partial charge in [0, 0.05) is 25.6 Å². The number of benzene rings is 2. The van der Waals surface area contributed by atoms with E-state index in [0.717, 1.165) is 13.1 Å². The molecule has 0 atom stereocenters. The van der Waals surface area contributed by atoms with E-state index in [-0.39, 0.29) is 5.84 Å². The van der Waals surface area contributed by atoms with Gasteiger partial charge in [0.25, 0.3) is 0 Å². The lowest BCUT2D eigenvalue weighted by atomic mass is 10.0. The zero-order valence-electron chi connectivity index (χ0n) is 12.3. The van der Waals surface area contributed by atoms with Crippen LogP contribution in [0.4, 0.5) is 0 Å². The average Bonchev–Trinajstić information content (AvgIpc) is 2.43. The number of hydrogen-bond acceptors (Lipinski definition) is 2. The Morgan fingerprint density at radius 3 is 2.55 bits per heavy atom. The molecule has 3 nitrogen and oxygen atoms in total. The van der Waals surface area contributed by atoms with E-state index in [1.165, 1.54) is 16.3 Å². The fourth-order valence-corrected chi connectivity index (χ4v) is 2.43. The normalized spacial score (nSPS) is 11.4. The molecule has 0 heterocycles. The van der Waals surface area contributed by atoms with Crippen LogP contribution in [0.2, 0.25) is 0 Å². The van der Waals surface area contributed by atoms with E-state index in [4.69, 9.17) is 11.1 Å². The number of rotatable bonds is 6. The van der Waals surface area contributed by atoms with E-state index in [1.54, 1.807) is 0 Å². The fraction of sp³-hybridized carbons (Fsp3) is 0.353. The summed E-state index contributed by atoms with van der Waals surface area (Å²) < 4.78 is 0. The zero-order valence-corrected chi connectivity index (χ0v) is 12.3. The predicted molar refractivity (Wildman–Crippen MR) is 86.0 cm³/mol. The third kappa shape index (κ3) is 3.58. The topological polar surface area (TPSA) is 53.1 Å². The first kappa shape index (κ1) is 14.5. The van der Waals surface area contributed by atoms with Gasteiger partial charge in [-0.3, -0.25) is 10.3 Å². The Morgan fingerprint density at radius 2 is 1.85 bits per heavy atom. The van der Waals surface area contributed by atoms with Gasteiger partial charge in [0.2, 0.25) is 0 Å².